The highest BCUT2D eigenvalue weighted by molar-refractivity contribution is 5.94. The van der Waals surface area contributed by atoms with Crippen LogP contribution in [-0.2, 0) is 13.6 Å². The van der Waals surface area contributed by atoms with Crippen molar-refractivity contribution in [1.29, 1.82) is 0 Å². The minimum atomic E-state index is 0. The maximum Gasteiger partial charge on any atom is 0.214 e. The molecule has 0 saturated carbocycles. The summed E-state index contributed by atoms with van der Waals surface area (Å²) in [5.41, 5.74) is 3.85. The molecule has 1 aromatic carbocycles. The number of hydrogen-bond acceptors (Lipinski definition) is 0. The van der Waals surface area contributed by atoms with E-state index in [4.69, 9.17) is 0 Å². The van der Waals surface area contributed by atoms with Crippen LogP contribution >= 0.6 is 0 Å². The fraction of sp³-hybridized carbons (Fsp3) is 0.188. The van der Waals surface area contributed by atoms with Crippen LogP contribution < -0.4 is 21.5 Å². The van der Waals surface area contributed by atoms with E-state index in [0.717, 1.165) is 6.54 Å². The predicted molar refractivity (Wildman–Crippen MR) is 74.2 cm³/mol. The zero-order chi connectivity index (χ0) is 12.5. The molecule has 0 aliphatic heterocycles. The molecule has 0 aliphatic carbocycles. The number of nitrogens with zero attached hydrogens (tertiary/aromatic N) is 2. The van der Waals surface area contributed by atoms with Crippen molar-refractivity contribution < 1.29 is 21.5 Å². The summed E-state index contributed by atoms with van der Waals surface area (Å²) in [6, 6.07) is 14.9. The lowest BCUT2D eigenvalue weighted by molar-refractivity contribution is -0.682. The first kappa shape index (κ1) is 13.8. The molecule has 0 radical (unpaired) electrons. The Bertz CT molecular complexity index is 701. The standard InChI is InChI=1S/C16H17N2.BrH/c1-3-18-11-7-6-10-16(18)14-12-17(2)15-9-5-4-8-13(14)15;/h4-12H,3H2,1-2H3;1H/q+1;/p-1. The van der Waals surface area contributed by atoms with E-state index in [-0.39, 0.29) is 17.0 Å². The third kappa shape index (κ3) is 2.30. The average molecular weight is 317 g/mol. The van der Waals surface area contributed by atoms with Crippen molar-refractivity contribution in [2.24, 2.45) is 7.05 Å². The molecular formula is C16H17BrN2. The topological polar surface area (TPSA) is 8.81 Å². The largest absolute Gasteiger partial charge is 1.00 e. The number of fused-ring (bicyclic) bond motifs is 1. The van der Waals surface area contributed by atoms with Crippen molar-refractivity contribution in [2.45, 2.75) is 13.5 Å². The quantitative estimate of drug-likeness (QED) is 0.596. The predicted octanol–water partition coefficient (Wildman–Crippen LogP) is 0.157. The Morgan fingerprint density at radius 1 is 1.05 bits per heavy atom. The fourth-order valence-electron chi connectivity index (χ4n) is 2.54. The highest BCUT2D eigenvalue weighted by Gasteiger charge is 2.15. The third-order valence-electron chi connectivity index (χ3n) is 3.45. The smallest absolute Gasteiger partial charge is 0.214 e. The number of benzene rings is 1. The van der Waals surface area contributed by atoms with Crippen molar-refractivity contribution in [3.05, 3.63) is 54.9 Å². The zero-order valence-corrected chi connectivity index (χ0v) is 12.8. The maximum atomic E-state index is 2.28. The van der Waals surface area contributed by atoms with Crippen LogP contribution in [0.2, 0.25) is 0 Å². The van der Waals surface area contributed by atoms with Gasteiger partial charge in [-0.15, -0.1) is 0 Å². The van der Waals surface area contributed by atoms with E-state index >= 15 is 0 Å². The van der Waals surface area contributed by atoms with Crippen molar-refractivity contribution in [3.8, 4) is 11.3 Å². The highest BCUT2D eigenvalue weighted by atomic mass is 79.9. The minimum absolute atomic E-state index is 0. The van der Waals surface area contributed by atoms with E-state index in [1.54, 1.807) is 0 Å². The molecule has 0 atom stereocenters. The summed E-state index contributed by atoms with van der Waals surface area (Å²) >= 11 is 0. The molecule has 2 heterocycles. The molecule has 0 spiro atoms. The van der Waals surface area contributed by atoms with E-state index in [2.05, 4.69) is 78.0 Å². The second-order valence-corrected chi connectivity index (χ2v) is 4.54. The van der Waals surface area contributed by atoms with Crippen LogP contribution in [0.5, 0.6) is 0 Å². The van der Waals surface area contributed by atoms with Gasteiger partial charge in [0.05, 0.1) is 5.56 Å². The molecule has 0 aliphatic rings. The van der Waals surface area contributed by atoms with Crippen molar-refractivity contribution in [1.82, 2.24) is 4.57 Å². The van der Waals surface area contributed by atoms with E-state index in [9.17, 15) is 0 Å². The van der Waals surface area contributed by atoms with Gasteiger partial charge in [-0.3, -0.25) is 0 Å². The molecule has 19 heavy (non-hydrogen) atoms. The van der Waals surface area contributed by atoms with Gasteiger partial charge in [-0.1, -0.05) is 18.2 Å². The van der Waals surface area contributed by atoms with E-state index < -0.39 is 0 Å². The summed E-state index contributed by atoms with van der Waals surface area (Å²) in [4.78, 5) is 0. The molecular weight excluding hydrogens is 300 g/mol. The Labute approximate surface area is 124 Å². The summed E-state index contributed by atoms with van der Waals surface area (Å²) in [6.07, 6.45) is 4.35. The van der Waals surface area contributed by atoms with Crippen molar-refractivity contribution in [3.63, 3.8) is 0 Å². The van der Waals surface area contributed by atoms with Gasteiger partial charge in [0.25, 0.3) is 0 Å². The highest BCUT2D eigenvalue weighted by Crippen LogP contribution is 2.27. The monoisotopic (exact) mass is 316 g/mol. The first-order valence-electron chi connectivity index (χ1n) is 6.34. The molecule has 3 rings (SSSR count). The Kier molecular flexibility index (Phi) is 4.05. The Balaban J connectivity index is 0.00000133. The van der Waals surface area contributed by atoms with E-state index in [1.807, 2.05) is 0 Å². The van der Waals surface area contributed by atoms with Crippen LogP contribution in [-0.4, -0.2) is 4.57 Å². The SMILES string of the molecule is CC[n+]1ccccc1-c1cn(C)c2ccccc12.[Br-]. The zero-order valence-electron chi connectivity index (χ0n) is 11.2. The van der Waals surface area contributed by atoms with Gasteiger partial charge in [0.15, 0.2) is 6.20 Å². The van der Waals surface area contributed by atoms with Gasteiger partial charge in [-0.05, 0) is 19.1 Å². The summed E-state index contributed by atoms with van der Waals surface area (Å²) in [7, 11) is 2.10. The first-order chi connectivity index (χ1) is 8.81. The average Bonchev–Trinajstić information content (AvgIpc) is 2.77. The van der Waals surface area contributed by atoms with Crippen LogP contribution in [0.25, 0.3) is 22.2 Å². The Morgan fingerprint density at radius 3 is 2.58 bits per heavy atom. The molecule has 0 saturated heterocycles. The molecule has 3 aromatic rings. The number of rotatable bonds is 2. The number of hydrogen-bond donors (Lipinski definition) is 0. The van der Waals surface area contributed by atoms with E-state index in [1.165, 1.54) is 22.2 Å². The summed E-state index contributed by atoms with van der Waals surface area (Å²) < 4.78 is 4.47. The molecule has 0 N–H and O–H groups in total. The van der Waals surface area contributed by atoms with Crippen LogP contribution in [0, 0.1) is 0 Å². The molecule has 0 bridgehead atoms. The van der Waals surface area contributed by atoms with Gasteiger partial charge >= 0.3 is 0 Å². The van der Waals surface area contributed by atoms with Gasteiger partial charge in [-0.25, -0.2) is 0 Å². The summed E-state index contributed by atoms with van der Waals surface area (Å²) in [6.45, 7) is 3.16. The van der Waals surface area contributed by atoms with Gasteiger partial charge in [0.1, 0.15) is 6.54 Å². The van der Waals surface area contributed by atoms with Crippen molar-refractivity contribution in [2.75, 3.05) is 0 Å². The molecule has 2 aromatic heterocycles. The molecule has 3 heteroatoms. The van der Waals surface area contributed by atoms with Gasteiger partial charge < -0.3 is 21.5 Å². The first-order valence-corrected chi connectivity index (χ1v) is 6.34. The lowest BCUT2D eigenvalue weighted by Gasteiger charge is -2.00. The number of aromatic nitrogens is 2. The number of para-hydroxylation sites is 1. The molecule has 0 amide bonds. The maximum absolute atomic E-state index is 2.28. The van der Waals surface area contributed by atoms with Gasteiger partial charge in [-0.2, -0.15) is 4.57 Å². The number of aryl methyl sites for hydroxylation is 2. The summed E-state index contributed by atoms with van der Waals surface area (Å²) in [5, 5.41) is 1.31. The molecule has 98 valence electrons. The van der Waals surface area contributed by atoms with Gasteiger partial charge in [0, 0.05) is 36.3 Å². The molecule has 0 unspecified atom stereocenters. The summed E-state index contributed by atoms with van der Waals surface area (Å²) in [5.74, 6) is 0. The van der Waals surface area contributed by atoms with Crippen LogP contribution in [0.4, 0.5) is 0 Å². The Morgan fingerprint density at radius 2 is 1.79 bits per heavy atom. The number of pyridine rings is 1. The lowest BCUT2D eigenvalue weighted by atomic mass is 10.1. The second kappa shape index (κ2) is 5.57. The minimum Gasteiger partial charge on any atom is -1.00 e. The molecule has 2 nitrogen and oxygen atoms in total. The fourth-order valence-corrected chi connectivity index (χ4v) is 2.54. The van der Waals surface area contributed by atoms with Crippen LogP contribution in [0.1, 0.15) is 6.92 Å². The van der Waals surface area contributed by atoms with Crippen LogP contribution in [0.3, 0.4) is 0 Å². The van der Waals surface area contributed by atoms with E-state index in [0.29, 0.717) is 0 Å². The van der Waals surface area contributed by atoms with Crippen LogP contribution in [0.15, 0.2) is 54.9 Å². The normalized spacial score (nSPS) is 10.4. The third-order valence-corrected chi connectivity index (χ3v) is 3.45. The molecule has 0 fully saturated rings. The lowest BCUT2D eigenvalue weighted by Crippen LogP contribution is -3.00. The second-order valence-electron chi connectivity index (χ2n) is 4.54. The van der Waals surface area contributed by atoms with Gasteiger partial charge in [0.2, 0.25) is 5.69 Å². The Hall–Kier alpha value is -1.61. The number of halogens is 1. The van der Waals surface area contributed by atoms with Crippen molar-refractivity contribution >= 4 is 10.9 Å².